The summed E-state index contributed by atoms with van der Waals surface area (Å²) in [4.78, 5) is 34.4. The summed E-state index contributed by atoms with van der Waals surface area (Å²) in [7, 11) is 0. The molecule has 3 aromatic carbocycles. The first-order valence-electron chi connectivity index (χ1n) is 15.9. The van der Waals surface area contributed by atoms with E-state index in [9.17, 15) is 9.59 Å². The van der Waals surface area contributed by atoms with Gasteiger partial charge in [0.25, 0.3) is 5.56 Å². The number of thiazole rings is 1. The van der Waals surface area contributed by atoms with Crippen LogP contribution in [0.2, 0.25) is 0 Å². The van der Waals surface area contributed by atoms with Crippen molar-refractivity contribution in [2.45, 2.75) is 51.7 Å². The molecule has 1 atom stereocenters. The zero-order chi connectivity index (χ0) is 33.9. The maximum atomic E-state index is 14.4. The molecule has 6 rings (SSSR count). The molecule has 0 saturated carbocycles. The Kier molecular flexibility index (Phi) is 9.84. The van der Waals surface area contributed by atoms with Gasteiger partial charge < -0.3 is 9.47 Å². The minimum absolute atomic E-state index is 0.0586. The number of ether oxygens (including phenoxy) is 2. The summed E-state index contributed by atoms with van der Waals surface area (Å²) in [5.41, 5.74) is 4.76. The van der Waals surface area contributed by atoms with E-state index in [-0.39, 0.29) is 24.2 Å². The number of carbonyl (C=O) groups excluding carboxylic acids is 1. The van der Waals surface area contributed by atoms with Crippen LogP contribution in [0.25, 0.3) is 23.0 Å². The number of rotatable bonds is 10. The van der Waals surface area contributed by atoms with Gasteiger partial charge in [-0.05, 0) is 93.1 Å². The number of allylic oxidation sites excluding steroid dienone is 1. The van der Waals surface area contributed by atoms with Crippen LogP contribution in [0.15, 0.2) is 111 Å². The summed E-state index contributed by atoms with van der Waals surface area (Å²) in [6, 6.07) is 24.9. The zero-order valence-electron chi connectivity index (χ0n) is 27.8. The van der Waals surface area contributed by atoms with Crippen LogP contribution in [0.4, 0.5) is 0 Å². The Morgan fingerprint density at radius 1 is 1.00 bits per heavy atom. The molecule has 0 aliphatic carbocycles. The molecule has 2 aromatic heterocycles. The van der Waals surface area contributed by atoms with Gasteiger partial charge in [-0.1, -0.05) is 55.5 Å². The van der Waals surface area contributed by atoms with Crippen molar-refractivity contribution in [1.82, 2.24) is 14.3 Å². The highest BCUT2D eigenvalue weighted by Crippen LogP contribution is 2.32. The lowest BCUT2D eigenvalue weighted by atomic mass is 9.96. The van der Waals surface area contributed by atoms with Crippen molar-refractivity contribution in [3.8, 4) is 22.7 Å². The molecule has 0 bridgehead atoms. The Hall–Kier alpha value is -4.67. The molecule has 0 radical (unpaired) electrons. The summed E-state index contributed by atoms with van der Waals surface area (Å²) < 4.78 is 15.5. The van der Waals surface area contributed by atoms with E-state index in [1.807, 2.05) is 130 Å². The van der Waals surface area contributed by atoms with E-state index >= 15 is 0 Å². The number of esters is 1. The lowest BCUT2D eigenvalue weighted by molar-refractivity contribution is -0.140. The van der Waals surface area contributed by atoms with Crippen LogP contribution in [0, 0.1) is 5.92 Å². The smallest absolute Gasteiger partial charge is 0.338 e. The molecule has 48 heavy (non-hydrogen) atoms. The number of aromatic nitrogens is 3. The second kappa shape index (κ2) is 14.2. The fourth-order valence-corrected chi connectivity index (χ4v) is 6.99. The van der Waals surface area contributed by atoms with Crippen LogP contribution in [0.1, 0.15) is 51.8 Å². The second-order valence-corrected chi connectivity index (χ2v) is 14.1. The molecule has 0 N–H and O–H groups in total. The minimum Gasteiger partial charge on any atom is -0.491 e. The summed E-state index contributed by atoms with van der Waals surface area (Å²) in [5, 5.41) is 4.96. The highest BCUT2D eigenvalue weighted by Gasteiger charge is 2.33. The van der Waals surface area contributed by atoms with Crippen LogP contribution < -0.4 is 19.6 Å². The summed E-state index contributed by atoms with van der Waals surface area (Å²) in [6.07, 6.45) is 5.87. The zero-order valence-corrected chi connectivity index (χ0v) is 29.5. The normalized spacial score (nSPS) is 14.8. The van der Waals surface area contributed by atoms with Crippen LogP contribution in [-0.2, 0) is 9.53 Å². The Labute approximate surface area is 288 Å². The predicted octanol–water partition coefficient (Wildman–Crippen LogP) is 6.80. The monoisotopic (exact) mass is 678 g/mol. The molecule has 1 aliphatic heterocycles. The maximum Gasteiger partial charge on any atom is 0.338 e. The third-order valence-corrected chi connectivity index (χ3v) is 9.50. The van der Waals surface area contributed by atoms with Gasteiger partial charge in [0.2, 0.25) is 0 Å². The number of carbonyl (C=O) groups is 1. The third kappa shape index (κ3) is 6.95. The standard InChI is InChI=1S/C38H38N4O4S2/c1-23(2)22-45-37(44)33-25(5)39-38-42(35(33)27-14-18-31(47-6)19-15-27)36(43)32(48-38)20-28-21-41(29-10-8-7-9-11-29)40-34(28)26-12-16-30(17-13-26)46-24(3)4/h7-21,23-24,35H,22H2,1-6H3. The van der Waals surface area contributed by atoms with Gasteiger partial charge >= 0.3 is 5.97 Å². The Morgan fingerprint density at radius 3 is 2.35 bits per heavy atom. The number of nitrogens with zero attached hydrogens (tertiary/aromatic N) is 4. The van der Waals surface area contributed by atoms with Crippen molar-refractivity contribution in [2.24, 2.45) is 10.9 Å². The van der Waals surface area contributed by atoms with Gasteiger partial charge in [0, 0.05) is 22.2 Å². The average molecular weight is 679 g/mol. The number of hydrogen-bond acceptors (Lipinski definition) is 8. The molecule has 0 amide bonds. The van der Waals surface area contributed by atoms with Crippen LogP contribution in [0.5, 0.6) is 5.75 Å². The fraction of sp³-hybridized carbons (Fsp3) is 0.263. The van der Waals surface area contributed by atoms with Gasteiger partial charge in [0.1, 0.15) is 11.4 Å². The van der Waals surface area contributed by atoms with Gasteiger partial charge in [0.05, 0.1) is 40.2 Å². The quantitative estimate of drug-likeness (QED) is 0.119. The van der Waals surface area contributed by atoms with Gasteiger partial charge in [-0.2, -0.15) is 5.10 Å². The van der Waals surface area contributed by atoms with Gasteiger partial charge in [-0.3, -0.25) is 9.36 Å². The molecule has 0 spiro atoms. The largest absolute Gasteiger partial charge is 0.491 e. The van der Waals surface area contributed by atoms with Crippen molar-refractivity contribution in [3.63, 3.8) is 0 Å². The Bertz CT molecular complexity index is 2140. The first-order chi connectivity index (χ1) is 23.1. The SMILES string of the molecule is CSc1ccc(C2C(C(=O)OCC(C)C)=C(C)N=c3sc(=Cc4cn(-c5ccccc5)nc4-c4ccc(OC(C)C)cc4)c(=O)n32)cc1. The first kappa shape index (κ1) is 33.2. The molecule has 246 valence electrons. The summed E-state index contributed by atoms with van der Waals surface area (Å²) >= 11 is 2.93. The number of hydrogen-bond donors (Lipinski definition) is 0. The van der Waals surface area contributed by atoms with Gasteiger partial charge in [-0.15, -0.1) is 11.8 Å². The molecule has 1 unspecified atom stereocenters. The van der Waals surface area contributed by atoms with E-state index < -0.39 is 12.0 Å². The van der Waals surface area contributed by atoms with E-state index in [0.29, 0.717) is 20.6 Å². The molecule has 0 fully saturated rings. The fourth-order valence-electron chi connectivity index (χ4n) is 5.54. The van der Waals surface area contributed by atoms with Gasteiger partial charge in [-0.25, -0.2) is 14.5 Å². The van der Waals surface area contributed by atoms with Crippen molar-refractivity contribution in [1.29, 1.82) is 0 Å². The second-order valence-electron chi connectivity index (χ2n) is 12.3. The molecule has 3 heterocycles. The van der Waals surface area contributed by atoms with E-state index in [2.05, 4.69) is 0 Å². The van der Waals surface area contributed by atoms with E-state index in [0.717, 1.165) is 38.7 Å². The molecule has 10 heteroatoms. The predicted molar refractivity (Wildman–Crippen MR) is 193 cm³/mol. The van der Waals surface area contributed by atoms with Crippen LogP contribution in [-0.4, -0.2) is 39.3 Å². The third-order valence-electron chi connectivity index (χ3n) is 7.77. The van der Waals surface area contributed by atoms with Crippen molar-refractivity contribution in [3.05, 3.63) is 127 Å². The molecule has 0 saturated heterocycles. The number of benzene rings is 3. The molecular weight excluding hydrogens is 641 g/mol. The average Bonchev–Trinajstić information content (AvgIpc) is 3.64. The number of fused-ring (bicyclic) bond motifs is 1. The molecule has 1 aliphatic rings. The van der Waals surface area contributed by atoms with Crippen LogP contribution >= 0.6 is 23.1 Å². The van der Waals surface area contributed by atoms with Crippen molar-refractivity contribution < 1.29 is 14.3 Å². The molecule has 8 nitrogen and oxygen atoms in total. The minimum atomic E-state index is -0.681. The van der Waals surface area contributed by atoms with E-state index in [1.165, 1.54) is 11.3 Å². The van der Waals surface area contributed by atoms with Crippen molar-refractivity contribution in [2.75, 3.05) is 12.9 Å². The Balaban J connectivity index is 1.50. The van der Waals surface area contributed by atoms with E-state index in [4.69, 9.17) is 19.6 Å². The lowest BCUT2D eigenvalue weighted by Gasteiger charge is -2.25. The van der Waals surface area contributed by atoms with Gasteiger partial charge in [0.15, 0.2) is 4.80 Å². The maximum absolute atomic E-state index is 14.4. The number of para-hydroxylation sites is 1. The first-order valence-corrected chi connectivity index (χ1v) is 17.9. The lowest BCUT2D eigenvalue weighted by Crippen LogP contribution is -2.40. The Morgan fingerprint density at radius 2 is 1.71 bits per heavy atom. The molecular formula is C38H38N4O4S2. The van der Waals surface area contributed by atoms with E-state index in [1.54, 1.807) is 23.3 Å². The van der Waals surface area contributed by atoms with Crippen LogP contribution in [0.3, 0.4) is 0 Å². The topological polar surface area (TPSA) is 87.7 Å². The molecule has 5 aromatic rings. The summed E-state index contributed by atoms with van der Waals surface area (Å²) in [5.74, 6) is 0.476. The van der Waals surface area contributed by atoms with Crippen molar-refractivity contribution >= 4 is 35.1 Å². The number of thioether (sulfide) groups is 1. The highest BCUT2D eigenvalue weighted by molar-refractivity contribution is 7.98. The highest BCUT2D eigenvalue weighted by atomic mass is 32.2. The summed E-state index contributed by atoms with van der Waals surface area (Å²) in [6.45, 7) is 10.0.